The number of nitrogen functional groups attached to an aromatic ring is 1. The first-order valence-electron chi connectivity index (χ1n) is 6.58. The Balaban J connectivity index is 1.82. The van der Waals surface area contributed by atoms with Gasteiger partial charge in [-0.25, -0.2) is 4.98 Å². The van der Waals surface area contributed by atoms with Crippen molar-refractivity contribution in [3.63, 3.8) is 0 Å². The van der Waals surface area contributed by atoms with E-state index in [1.165, 1.54) is 0 Å². The third-order valence-electron chi connectivity index (χ3n) is 3.21. The number of aryl methyl sites for hydroxylation is 1. The predicted octanol–water partition coefficient (Wildman–Crippen LogP) is 2.98. The van der Waals surface area contributed by atoms with Crippen LogP contribution in [0.2, 0.25) is 0 Å². The summed E-state index contributed by atoms with van der Waals surface area (Å²) in [5.41, 5.74) is 8.61. The summed E-state index contributed by atoms with van der Waals surface area (Å²) in [4.78, 5) is 8.49. The zero-order chi connectivity index (χ0) is 13.9. The summed E-state index contributed by atoms with van der Waals surface area (Å²) in [6, 6.07) is 7.71. The molecule has 0 saturated heterocycles. The Kier molecular flexibility index (Phi) is 3.25. The van der Waals surface area contributed by atoms with E-state index in [4.69, 9.17) is 10.2 Å². The second-order valence-corrected chi connectivity index (χ2v) is 4.52. The minimum atomic E-state index is 0.510. The van der Waals surface area contributed by atoms with Gasteiger partial charge in [-0.3, -0.25) is 4.98 Å². The summed E-state index contributed by atoms with van der Waals surface area (Å²) in [6.45, 7) is 2.54. The third kappa shape index (κ3) is 2.30. The minimum absolute atomic E-state index is 0.510. The first-order chi connectivity index (χ1) is 9.78. The van der Waals surface area contributed by atoms with Crippen molar-refractivity contribution in [2.75, 3.05) is 11.1 Å². The van der Waals surface area contributed by atoms with Crippen molar-refractivity contribution in [2.24, 2.45) is 0 Å². The third-order valence-corrected chi connectivity index (χ3v) is 3.21. The molecule has 3 rings (SSSR count). The molecule has 2 heterocycles. The van der Waals surface area contributed by atoms with Gasteiger partial charge in [0.15, 0.2) is 0 Å². The van der Waals surface area contributed by atoms with Crippen LogP contribution in [-0.2, 0) is 13.0 Å². The van der Waals surface area contributed by atoms with Crippen molar-refractivity contribution in [1.29, 1.82) is 0 Å². The highest BCUT2D eigenvalue weighted by Gasteiger charge is 2.06. The van der Waals surface area contributed by atoms with E-state index in [9.17, 15) is 0 Å². The average molecular weight is 268 g/mol. The van der Waals surface area contributed by atoms with Gasteiger partial charge in [-0.15, -0.1) is 0 Å². The zero-order valence-electron chi connectivity index (χ0n) is 11.3. The standard InChI is InChI=1S/C15H16N4O/c1-2-10-8-19-14(20-10)9-18-13-6-5-12-11(15(13)16)4-3-7-17-12/h3-8,18H,2,9,16H2,1H3. The molecule has 0 bridgehead atoms. The van der Waals surface area contributed by atoms with Crippen molar-refractivity contribution in [3.05, 3.63) is 48.3 Å². The predicted molar refractivity (Wildman–Crippen MR) is 79.4 cm³/mol. The Labute approximate surface area is 116 Å². The lowest BCUT2D eigenvalue weighted by atomic mass is 10.1. The van der Waals surface area contributed by atoms with Crippen LogP contribution >= 0.6 is 0 Å². The fourth-order valence-electron chi connectivity index (χ4n) is 2.09. The Morgan fingerprint density at radius 1 is 1.25 bits per heavy atom. The van der Waals surface area contributed by atoms with Gasteiger partial charge in [0.2, 0.25) is 5.89 Å². The number of benzene rings is 1. The van der Waals surface area contributed by atoms with Gasteiger partial charge < -0.3 is 15.5 Å². The van der Waals surface area contributed by atoms with Crippen molar-refractivity contribution in [3.8, 4) is 0 Å². The minimum Gasteiger partial charge on any atom is -0.444 e. The zero-order valence-corrected chi connectivity index (χ0v) is 11.3. The molecule has 0 amide bonds. The van der Waals surface area contributed by atoms with E-state index < -0.39 is 0 Å². The summed E-state index contributed by atoms with van der Waals surface area (Å²) in [7, 11) is 0. The summed E-state index contributed by atoms with van der Waals surface area (Å²) in [5.74, 6) is 1.55. The Bertz CT molecular complexity index is 736. The number of hydrogen-bond acceptors (Lipinski definition) is 5. The van der Waals surface area contributed by atoms with Gasteiger partial charge in [-0.2, -0.15) is 0 Å². The number of nitrogens with one attached hydrogen (secondary N) is 1. The Hall–Kier alpha value is -2.56. The van der Waals surface area contributed by atoms with Gasteiger partial charge in [-0.1, -0.05) is 6.92 Å². The van der Waals surface area contributed by atoms with Crippen molar-refractivity contribution >= 4 is 22.3 Å². The number of fused-ring (bicyclic) bond motifs is 1. The van der Waals surface area contributed by atoms with E-state index in [0.29, 0.717) is 18.1 Å². The van der Waals surface area contributed by atoms with Crippen LogP contribution in [0.4, 0.5) is 11.4 Å². The molecule has 0 fully saturated rings. The van der Waals surface area contributed by atoms with Crippen LogP contribution in [0.25, 0.3) is 10.9 Å². The molecule has 20 heavy (non-hydrogen) atoms. The number of anilines is 2. The van der Waals surface area contributed by atoms with Crippen LogP contribution in [0.3, 0.4) is 0 Å². The molecule has 5 heteroatoms. The largest absolute Gasteiger partial charge is 0.444 e. The molecule has 0 unspecified atom stereocenters. The molecule has 0 aliphatic rings. The van der Waals surface area contributed by atoms with E-state index in [-0.39, 0.29) is 0 Å². The first-order valence-corrected chi connectivity index (χ1v) is 6.58. The first kappa shape index (κ1) is 12.5. The van der Waals surface area contributed by atoms with Gasteiger partial charge in [-0.05, 0) is 24.3 Å². The lowest BCUT2D eigenvalue weighted by Crippen LogP contribution is -2.03. The van der Waals surface area contributed by atoms with Gasteiger partial charge in [0.05, 0.1) is 29.6 Å². The topological polar surface area (TPSA) is 77.0 Å². The van der Waals surface area contributed by atoms with E-state index in [1.54, 1.807) is 12.4 Å². The molecule has 0 radical (unpaired) electrons. The van der Waals surface area contributed by atoms with Crippen LogP contribution < -0.4 is 11.1 Å². The molecule has 3 N–H and O–H groups in total. The summed E-state index contributed by atoms with van der Waals surface area (Å²) in [5, 5.41) is 4.19. The Morgan fingerprint density at radius 3 is 2.95 bits per heavy atom. The van der Waals surface area contributed by atoms with E-state index >= 15 is 0 Å². The Morgan fingerprint density at radius 2 is 2.15 bits per heavy atom. The quantitative estimate of drug-likeness (QED) is 0.711. The molecular formula is C15H16N4O. The second-order valence-electron chi connectivity index (χ2n) is 4.52. The highest BCUT2D eigenvalue weighted by atomic mass is 16.4. The number of nitrogens with two attached hydrogens (primary N) is 1. The molecule has 1 aromatic carbocycles. The lowest BCUT2D eigenvalue weighted by Gasteiger charge is -2.09. The van der Waals surface area contributed by atoms with Gasteiger partial charge in [0.1, 0.15) is 5.76 Å². The monoisotopic (exact) mass is 268 g/mol. The second kappa shape index (κ2) is 5.21. The maximum atomic E-state index is 6.16. The van der Waals surface area contributed by atoms with E-state index in [0.717, 1.165) is 28.8 Å². The van der Waals surface area contributed by atoms with Crippen LogP contribution in [-0.4, -0.2) is 9.97 Å². The highest BCUT2D eigenvalue weighted by Crippen LogP contribution is 2.27. The summed E-state index contributed by atoms with van der Waals surface area (Å²) in [6.07, 6.45) is 4.36. The summed E-state index contributed by atoms with van der Waals surface area (Å²) < 4.78 is 5.56. The maximum Gasteiger partial charge on any atom is 0.213 e. The van der Waals surface area contributed by atoms with Crippen molar-refractivity contribution in [1.82, 2.24) is 9.97 Å². The van der Waals surface area contributed by atoms with E-state index in [1.807, 2.05) is 31.2 Å². The van der Waals surface area contributed by atoms with Crippen LogP contribution in [0.15, 0.2) is 41.1 Å². The normalized spacial score (nSPS) is 10.8. The van der Waals surface area contributed by atoms with Gasteiger partial charge in [0, 0.05) is 18.0 Å². The van der Waals surface area contributed by atoms with Crippen LogP contribution in [0, 0.1) is 0 Å². The molecule has 3 aromatic rings. The molecule has 0 aliphatic carbocycles. The van der Waals surface area contributed by atoms with Crippen molar-refractivity contribution < 1.29 is 4.42 Å². The molecule has 0 aliphatic heterocycles. The summed E-state index contributed by atoms with van der Waals surface area (Å²) >= 11 is 0. The van der Waals surface area contributed by atoms with Crippen LogP contribution in [0.5, 0.6) is 0 Å². The molecule has 5 nitrogen and oxygen atoms in total. The number of aromatic nitrogens is 2. The lowest BCUT2D eigenvalue weighted by molar-refractivity contribution is 0.466. The molecule has 0 atom stereocenters. The molecule has 0 saturated carbocycles. The molecular weight excluding hydrogens is 252 g/mol. The SMILES string of the molecule is CCc1cnc(CNc2ccc3ncccc3c2N)o1. The number of oxazole rings is 1. The van der Waals surface area contributed by atoms with Gasteiger partial charge >= 0.3 is 0 Å². The van der Waals surface area contributed by atoms with Gasteiger partial charge in [0.25, 0.3) is 0 Å². The number of hydrogen-bond donors (Lipinski definition) is 2. The highest BCUT2D eigenvalue weighted by molar-refractivity contribution is 5.96. The average Bonchev–Trinajstić information content (AvgIpc) is 2.95. The van der Waals surface area contributed by atoms with E-state index in [2.05, 4.69) is 15.3 Å². The number of pyridine rings is 1. The maximum absolute atomic E-state index is 6.16. The fraction of sp³-hybridized carbons (Fsp3) is 0.200. The molecule has 102 valence electrons. The smallest absolute Gasteiger partial charge is 0.213 e. The molecule has 2 aromatic heterocycles. The number of nitrogens with zero attached hydrogens (tertiary/aromatic N) is 2. The number of rotatable bonds is 4. The fourth-order valence-corrected chi connectivity index (χ4v) is 2.09. The van der Waals surface area contributed by atoms with Crippen LogP contribution in [0.1, 0.15) is 18.6 Å². The molecule has 0 spiro atoms. The van der Waals surface area contributed by atoms with Crippen molar-refractivity contribution in [2.45, 2.75) is 19.9 Å².